The minimum Gasteiger partial charge on any atom is -0.496 e. The van der Waals surface area contributed by atoms with Crippen molar-refractivity contribution in [1.29, 1.82) is 0 Å². The van der Waals surface area contributed by atoms with Gasteiger partial charge in [-0.2, -0.15) is 0 Å². The van der Waals surface area contributed by atoms with Crippen molar-refractivity contribution in [2.45, 2.75) is 19.9 Å². The van der Waals surface area contributed by atoms with Gasteiger partial charge in [-0.05, 0) is 54.3 Å². The number of ether oxygens (including phenoxy) is 1. The van der Waals surface area contributed by atoms with Crippen LogP contribution in [0.3, 0.4) is 0 Å². The van der Waals surface area contributed by atoms with E-state index in [-0.39, 0.29) is 11.9 Å². The second-order valence-corrected chi connectivity index (χ2v) is 6.36. The van der Waals surface area contributed by atoms with E-state index in [1.807, 2.05) is 61.5 Å². The van der Waals surface area contributed by atoms with Crippen LogP contribution in [-0.4, -0.2) is 13.0 Å². The predicted octanol–water partition coefficient (Wildman–Crippen LogP) is 4.83. The van der Waals surface area contributed by atoms with Gasteiger partial charge in [-0.3, -0.25) is 4.79 Å². The van der Waals surface area contributed by atoms with Gasteiger partial charge in [-0.1, -0.05) is 54.6 Å². The minimum absolute atomic E-state index is 0.104. The Balaban J connectivity index is 1.95. The molecule has 1 amide bonds. The van der Waals surface area contributed by atoms with Crippen molar-refractivity contribution in [2.24, 2.45) is 0 Å². The van der Waals surface area contributed by atoms with Gasteiger partial charge in [0.1, 0.15) is 5.75 Å². The van der Waals surface area contributed by atoms with Crippen LogP contribution in [0.25, 0.3) is 0 Å². The molecule has 0 aromatic heterocycles. The Hall–Kier alpha value is -3.07. The summed E-state index contributed by atoms with van der Waals surface area (Å²) in [5, 5.41) is 3.19. The van der Waals surface area contributed by atoms with Crippen molar-refractivity contribution >= 4 is 5.91 Å². The van der Waals surface area contributed by atoms with E-state index in [4.69, 9.17) is 4.74 Å². The number of benzene rings is 3. The highest BCUT2D eigenvalue weighted by molar-refractivity contribution is 5.95. The molecule has 132 valence electrons. The zero-order chi connectivity index (χ0) is 18.5. The summed E-state index contributed by atoms with van der Waals surface area (Å²) < 4.78 is 5.28. The van der Waals surface area contributed by atoms with E-state index in [0.29, 0.717) is 5.56 Å². The molecule has 0 aliphatic carbocycles. The van der Waals surface area contributed by atoms with Crippen molar-refractivity contribution in [1.82, 2.24) is 5.32 Å². The molecular formula is C23H23NO2. The standard InChI is InChI=1S/C23H23NO2/c1-16-9-7-8-12-20(16)22(18-10-5-4-6-11-18)24-23(25)19-13-14-21(26-3)17(2)15-19/h4-15,22H,1-3H3,(H,24,25)/t22-/m0/s1. The van der Waals surface area contributed by atoms with Crippen LogP contribution in [0.4, 0.5) is 0 Å². The van der Waals surface area contributed by atoms with E-state index in [2.05, 4.69) is 24.4 Å². The number of nitrogens with one attached hydrogen (secondary N) is 1. The first kappa shape index (κ1) is 17.7. The van der Waals surface area contributed by atoms with Gasteiger partial charge in [0.15, 0.2) is 0 Å². The van der Waals surface area contributed by atoms with Crippen LogP contribution in [0.15, 0.2) is 72.8 Å². The number of aryl methyl sites for hydroxylation is 2. The maximum atomic E-state index is 12.9. The molecule has 1 N–H and O–H groups in total. The fourth-order valence-corrected chi connectivity index (χ4v) is 3.13. The average molecular weight is 345 g/mol. The lowest BCUT2D eigenvalue weighted by Gasteiger charge is -2.22. The molecule has 3 heteroatoms. The zero-order valence-electron chi connectivity index (χ0n) is 15.3. The summed E-state index contributed by atoms with van der Waals surface area (Å²) >= 11 is 0. The predicted molar refractivity (Wildman–Crippen MR) is 105 cm³/mol. The Morgan fingerprint density at radius 1 is 0.885 bits per heavy atom. The lowest BCUT2D eigenvalue weighted by molar-refractivity contribution is 0.0943. The fraction of sp³-hybridized carbons (Fsp3) is 0.174. The van der Waals surface area contributed by atoms with E-state index in [1.54, 1.807) is 13.2 Å². The Morgan fingerprint density at radius 3 is 2.23 bits per heavy atom. The third kappa shape index (κ3) is 3.77. The first-order valence-corrected chi connectivity index (χ1v) is 8.66. The van der Waals surface area contributed by atoms with E-state index in [9.17, 15) is 4.79 Å². The van der Waals surface area contributed by atoms with Crippen molar-refractivity contribution < 1.29 is 9.53 Å². The van der Waals surface area contributed by atoms with Crippen LogP contribution in [0.1, 0.15) is 38.7 Å². The molecule has 0 fully saturated rings. The summed E-state index contributed by atoms with van der Waals surface area (Å²) in [5.41, 5.74) is 4.86. The molecule has 0 saturated carbocycles. The molecule has 0 unspecified atom stereocenters. The molecule has 0 heterocycles. The summed E-state index contributed by atoms with van der Waals surface area (Å²) in [7, 11) is 1.63. The molecule has 0 aliphatic rings. The highest BCUT2D eigenvalue weighted by Gasteiger charge is 2.19. The van der Waals surface area contributed by atoms with Crippen LogP contribution >= 0.6 is 0 Å². The molecule has 1 atom stereocenters. The lowest BCUT2D eigenvalue weighted by Crippen LogP contribution is -2.29. The number of amides is 1. The topological polar surface area (TPSA) is 38.3 Å². The molecule has 3 aromatic rings. The van der Waals surface area contributed by atoms with Crippen molar-refractivity contribution in [3.05, 3.63) is 101 Å². The summed E-state index contributed by atoms with van der Waals surface area (Å²) in [5.74, 6) is 0.674. The fourth-order valence-electron chi connectivity index (χ4n) is 3.13. The van der Waals surface area contributed by atoms with Gasteiger partial charge < -0.3 is 10.1 Å². The highest BCUT2D eigenvalue weighted by Crippen LogP contribution is 2.26. The average Bonchev–Trinajstić information content (AvgIpc) is 2.67. The summed E-state index contributed by atoms with van der Waals surface area (Å²) in [6, 6.07) is 23.4. The SMILES string of the molecule is COc1ccc(C(=O)N[C@@H](c2ccccc2)c2ccccc2C)cc1C. The number of carbonyl (C=O) groups is 1. The van der Waals surface area contributed by atoms with Crippen LogP contribution in [0.5, 0.6) is 5.75 Å². The molecule has 0 saturated heterocycles. The normalized spacial score (nSPS) is 11.7. The summed E-state index contributed by atoms with van der Waals surface area (Å²) in [6.07, 6.45) is 0. The molecular weight excluding hydrogens is 322 g/mol. The number of rotatable bonds is 5. The molecule has 3 rings (SSSR count). The Morgan fingerprint density at radius 2 is 1.58 bits per heavy atom. The van der Waals surface area contributed by atoms with E-state index in [1.165, 1.54) is 0 Å². The van der Waals surface area contributed by atoms with Crippen molar-refractivity contribution in [3.63, 3.8) is 0 Å². The minimum atomic E-state index is -0.202. The molecule has 0 aliphatic heterocycles. The number of hydrogen-bond donors (Lipinski definition) is 1. The van der Waals surface area contributed by atoms with E-state index in [0.717, 1.165) is 28.0 Å². The molecule has 3 aromatic carbocycles. The van der Waals surface area contributed by atoms with Crippen LogP contribution in [0.2, 0.25) is 0 Å². The van der Waals surface area contributed by atoms with Gasteiger partial charge in [-0.15, -0.1) is 0 Å². The third-order valence-electron chi connectivity index (χ3n) is 4.56. The zero-order valence-corrected chi connectivity index (χ0v) is 15.3. The van der Waals surface area contributed by atoms with Gasteiger partial charge >= 0.3 is 0 Å². The first-order chi connectivity index (χ1) is 12.6. The Bertz CT molecular complexity index is 903. The monoisotopic (exact) mass is 345 g/mol. The number of hydrogen-bond acceptors (Lipinski definition) is 2. The number of carbonyl (C=O) groups excluding carboxylic acids is 1. The summed E-state index contributed by atoms with van der Waals surface area (Å²) in [4.78, 5) is 12.9. The molecule has 26 heavy (non-hydrogen) atoms. The van der Waals surface area contributed by atoms with Gasteiger partial charge in [0.2, 0.25) is 0 Å². The molecule has 0 spiro atoms. The van der Waals surface area contributed by atoms with Gasteiger partial charge in [0.05, 0.1) is 13.2 Å². The van der Waals surface area contributed by atoms with Gasteiger partial charge in [0, 0.05) is 5.56 Å². The maximum Gasteiger partial charge on any atom is 0.252 e. The van der Waals surface area contributed by atoms with Crippen LogP contribution < -0.4 is 10.1 Å². The Labute approximate surface area is 154 Å². The quantitative estimate of drug-likeness (QED) is 0.719. The molecule has 3 nitrogen and oxygen atoms in total. The first-order valence-electron chi connectivity index (χ1n) is 8.66. The van der Waals surface area contributed by atoms with E-state index < -0.39 is 0 Å². The smallest absolute Gasteiger partial charge is 0.252 e. The maximum absolute atomic E-state index is 12.9. The van der Waals surface area contributed by atoms with Crippen molar-refractivity contribution in [3.8, 4) is 5.75 Å². The third-order valence-corrected chi connectivity index (χ3v) is 4.56. The van der Waals surface area contributed by atoms with Crippen LogP contribution in [-0.2, 0) is 0 Å². The van der Waals surface area contributed by atoms with Gasteiger partial charge in [0.25, 0.3) is 5.91 Å². The Kier molecular flexibility index (Phi) is 5.37. The van der Waals surface area contributed by atoms with Crippen LogP contribution in [0, 0.1) is 13.8 Å². The van der Waals surface area contributed by atoms with E-state index >= 15 is 0 Å². The second kappa shape index (κ2) is 7.87. The number of methoxy groups -OCH3 is 1. The lowest BCUT2D eigenvalue weighted by atomic mass is 9.94. The summed E-state index contributed by atoms with van der Waals surface area (Å²) in [6.45, 7) is 4.00. The molecule has 0 radical (unpaired) electrons. The van der Waals surface area contributed by atoms with Crippen molar-refractivity contribution in [2.75, 3.05) is 7.11 Å². The van der Waals surface area contributed by atoms with Gasteiger partial charge in [-0.25, -0.2) is 0 Å². The molecule has 0 bridgehead atoms. The second-order valence-electron chi connectivity index (χ2n) is 6.36. The highest BCUT2D eigenvalue weighted by atomic mass is 16.5. The largest absolute Gasteiger partial charge is 0.496 e.